The van der Waals surface area contributed by atoms with Crippen LogP contribution in [0.3, 0.4) is 0 Å². The predicted molar refractivity (Wildman–Crippen MR) is 77.8 cm³/mol. The van der Waals surface area contributed by atoms with Crippen molar-refractivity contribution in [2.75, 3.05) is 26.2 Å². The van der Waals surface area contributed by atoms with Gasteiger partial charge in [-0.15, -0.1) is 12.4 Å². The minimum absolute atomic E-state index is 0. The van der Waals surface area contributed by atoms with Crippen LogP contribution in [0.4, 0.5) is 0 Å². The molecule has 1 aromatic rings. The molecule has 0 amide bonds. The lowest BCUT2D eigenvalue weighted by Crippen LogP contribution is -2.44. The molecule has 0 radical (unpaired) electrons. The Labute approximate surface area is 120 Å². The van der Waals surface area contributed by atoms with Gasteiger partial charge in [0.25, 0.3) is 0 Å². The summed E-state index contributed by atoms with van der Waals surface area (Å²) < 4.78 is 5.66. The van der Waals surface area contributed by atoms with Crippen LogP contribution in [0.5, 0.6) is 5.75 Å². The van der Waals surface area contributed by atoms with Crippen molar-refractivity contribution in [3.05, 3.63) is 29.3 Å². The topological polar surface area (TPSA) is 38.5 Å². The van der Waals surface area contributed by atoms with Gasteiger partial charge >= 0.3 is 0 Å². The van der Waals surface area contributed by atoms with Gasteiger partial charge in [0.15, 0.2) is 0 Å². The van der Waals surface area contributed by atoms with Crippen molar-refractivity contribution in [1.29, 1.82) is 0 Å². The molecule has 1 aromatic carbocycles. The highest BCUT2D eigenvalue weighted by atomic mass is 35.5. The minimum atomic E-state index is 0. The number of nitrogens with two attached hydrogens (primary N) is 1. The van der Waals surface area contributed by atoms with Crippen LogP contribution >= 0.6 is 24.0 Å². The van der Waals surface area contributed by atoms with Gasteiger partial charge in [-0.3, -0.25) is 4.90 Å². The van der Waals surface area contributed by atoms with Crippen LogP contribution in [-0.4, -0.2) is 37.2 Å². The second-order valence-corrected chi connectivity index (χ2v) is 4.94. The van der Waals surface area contributed by atoms with Gasteiger partial charge in [-0.2, -0.15) is 0 Å². The van der Waals surface area contributed by atoms with Crippen LogP contribution in [0.25, 0.3) is 0 Å². The van der Waals surface area contributed by atoms with Gasteiger partial charge in [0.1, 0.15) is 12.4 Å². The van der Waals surface area contributed by atoms with E-state index in [1.54, 1.807) is 0 Å². The smallest absolute Gasteiger partial charge is 0.119 e. The second-order valence-electron chi connectivity index (χ2n) is 4.51. The van der Waals surface area contributed by atoms with Gasteiger partial charge in [0.05, 0.1) is 0 Å². The highest BCUT2D eigenvalue weighted by Gasteiger charge is 2.15. The fraction of sp³-hybridized carbons (Fsp3) is 0.538. The normalized spacial score (nSPS) is 20.2. The number of rotatable bonds is 4. The van der Waals surface area contributed by atoms with Crippen LogP contribution in [0.2, 0.25) is 5.02 Å². The monoisotopic (exact) mass is 290 g/mol. The Hall–Kier alpha value is -0.480. The van der Waals surface area contributed by atoms with Gasteiger partial charge in [0.2, 0.25) is 0 Å². The maximum Gasteiger partial charge on any atom is 0.119 e. The molecule has 2 rings (SSSR count). The first-order chi connectivity index (χ1) is 8.24. The molecule has 1 unspecified atom stereocenters. The number of nitrogens with zero attached hydrogens (tertiary/aromatic N) is 1. The molecule has 102 valence electrons. The number of piperidine rings is 1. The van der Waals surface area contributed by atoms with Crippen LogP contribution in [-0.2, 0) is 0 Å². The van der Waals surface area contributed by atoms with Gasteiger partial charge in [-0.25, -0.2) is 0 Å². The molecule has 0 aromatic heterocycles. The fourth-order valence-electron chi connectivity index (χ4n) is 2.12. The van der Waals surface area contributed by atoms with E-state index < -0.39 is 0 Å². The lowest BCUT2D eigenvalue weighted by Gasteiger charge is -2.30. The van der Waals surface area contributed by atoms with Gasteiger partial charge < -0.3 is 10.5 Å². The van der Waals surface area contributed by atoms with Gasteiger partial charge in [-0.05, 0) is 43.7 Å². The molecule has 1 saturated heterocycles. The average molecular weight is 291 g/mol. The zero-order chi connectivity index (χ0) is 12.1. The van der Waals surface area contributed by atoms with E-state index in [2.05, 4.69) is 4.90 Å². The zero-order valence-corrected chi connectivity index (χ0v) is 11.9. The van der Waals surface area contributed by atoms with E-state index in [0.717, 1.165) is 36.8 Å². The first-order valence-electron chi connectivity index (χ1n) is 6.10. The summed E-state index contributed by atoms with van der Waals surface area (Å²) in [5.41, 5.74) is 5.93. The van der Waals surface area contributed by atoms with E-state index in [9.17, 15) is 0 Å². The van der Waals surface area contributed by atoms with Gasteiger partial charge in [-0.1, -0.05) is 11.6 Å². The standard InChI is InChI=1S/C13H19ClN2O.ClH/c14-11-3-5-13(6-4-11)17-9-8-16-7-1-2-12(15)10-16;/h3-6,12H,1-2,7-10,15H2;1H. The number of likely N-dealkylation sites (tertiary alicyclic amines) is 1. The summed E-state index contributed by atoms with van der Waals surface area (Å²) in [6.07, 6.45) is 2.34. The summed E-state index contributed by atoms with van der Waals surface area (Å²) in [6.45, 7) is 3.77. The molecule has 0 saturated carbocycles. The van der Waals surface area contributed by atoms with Crippen molar-refractivity contribution < 1.29 is 4.74 Å². The largest absolute Gasteiger partial charge is 0.492 e. The molecule has 0 spiro atoms. The second kappa shape index (κ2) is 7.85. The van der Waals surface area contributed by atoms with E-state index >= 15 is 0 Å². The lowest BCUT2D eigenvalue weighted by molar-refractivity contribution is 0.171. The van der Waals surface area contributed by atoms with E-state index in [1.165, 1.54) is 6.42 Å². The summed E-state index contributed by atoms with van der Waals surface area (Å²) in [4.78, 5) is 2.37. The van der Waals surface area contributed by atoms with Gasteiger partial charge in [0, 0.05) is 24.2 Å². The van der Waals surface area contributed by atoms with Crippen molar-refractivity contribution in [3.8, 4) is 5.75 Å². The van der Waals surface area contributed by atoms with Crippen LogP contribution in [0.1, 0.15) is 12.8 Å². The third kappa shape index (κ3) is 5.02. The third-order valence-corrected chi connectivity index (χ3v) is 3.28. The SMILES string of the molecule is Cl.NC1CCCN(CCOc2ccc(Cl)cc2)C1. The van der Waals surface area contributed by atoms with Crippen LogP contribution in [0.15, 0.2) is 24.3 Å². The quantitative estimate of drug-likeness (QED) is 0.926. The molecule has 1 aliphatic rings. The summed E-state index contributed by atoms with van der Waals surface area (Å²) in [5, 5.41) is 0.736. The van der Waals surface area contributed by atoms with E-state index in [0.29, 0.717) is 12.6 Å². The molecule has 0 aliphatic carbocycles. The Morgan fingerprint density at radius 2 is 2.06 bits per heavy atom. The molecule has 5 heteroatoms. The van der Waals surface area contributed by atoms with E-state index in [4.69, 9.17) is 22.1 Å². The highest BCUT2D eigenvalue weighted by molar-refractivity contribution is 6.30. The molecular formula is C13H20Cl2N2O. The lowest BCUT2D eigenvalue weighted by atomic mass is 10.1. The van der Waals surface area contributed by atoms with Crippen molar-refractivity contribution in [2.24, 2.45) is 5.73 Å². The predicted octanol–water partition coefficient (Wildman–Crippen LogP) is 2.56. The Balaban J connectivity index is 0.00000162. The van der Waals surface area contributed by atoms with E-state index in [-0.39, 0.29) is 12.4 Å². The Morgan fingerprint density at radius 1 is 1.33 bits per heavy atom. The maximum absolute atomic E-state index is 5.93. The Morgan fingerprint density at radius 3 is 2.72 bits per heavy atom. The number of ether oxygens (including phenoxy) is 1. The molecule has 2 N–H and O–H groups in total. The van der Waals surface area contributed by atoms with Crippen molar-refractivity contribution in [3.63, 3.8) is 0 Å². The molecule has 1 atom stereocenters. The Bertz CT molecular complexity index is 345. The summed E-state index contributed by atoms with van der Waals surface area (Å²) >= 11 is 5.81. The Kier molecular flexibility index (Phi) is 6.79. The van der Waals surface area contributed by atoms with Crippen LogP contribution in [0, 0.1) is 0 Å². The minimum Gasteiger partial charge on any atom is -0.492 e. The van der Waals surface area contributed by atoms with Crippen molar-refractivity contribution >= 4 is 24.0 Å². The highest BCUT2D eigenvalue weighted by Crippen LogP contribution is 2.15. The molecule has 1 fully saturated rings. The fourth-order valence-corrected chi connectivity index (χ4v) is 2.24. The average Bonchev–Trinajstić information content (AvgIpc) is 2.32. The molecular weight excluding hydrogens is 271 g/mol. The number of hydrogen-bond donors (Lipinski definition) is 1. The molecule has 0 bridgehead atoms. The number of halogens is 2. The first kappa shape index (κ1) is 15.6. The van der Waals surface area contributed by atoms with Crippen molar-refractivity contribution in [1.82, 2.24) is 4.90 Å². The summed E-state index contributed by atoms with van der Waals surface area (Å²) in [6, 6.07) is 7.80. The third-order valence-electron chi connectivity index (χ3n) is 3.03. The first-order valence-corrected chi connectivity index (χ1v) is 6.48. The molecule has 1 aliphatic heterocycles. The summed E-state index contributed by atoms with van der Waals surface area (Å²) in [5.74, 6) is 0.871. The molecule has 3 nitrogen and oxygen atoms in total. The number of hydrogen-bond acceptors (Lipinski definition) is 3. The summed E-state index contributed by atoms with van der Waals surface area (Å²) in [7, 11) is 0. The molecule has 18 heavy (non-hydrogen) atoms. The zero-order valence-electron chi connectivity index (χ0n) is 10.3. The number of benzene rings is 1. The van der Waals surface area contributed by atoms with Crippen molar-refractivity contribution in [2.45, 2.75) is 18.9 Å². The maximum atomic E-state index is 5.93. The molecule has 1 heterocycles. The van der Waals surface area contributed by atoms with Crippen LogP contribution < -0.4 is 10.5 Å². The van der Waals surface area contributed by atoms with E-state index in [1.807, 2.05) is 24.3 Å².